The molecule has 0 aromatic carbocycles. The molecule has 0 fully saturated rings. The summed E-state index contributed by atoms with van der Waals surface area (Å²) in [6.45, 7) is 7.12. The zero-order valence-electron chi connectivity index (χ0n) is 10.4. The van der Waals surface area contributed by atoms with Gasteiger partial charge in [0.15, 0.2) is 0 Å². The quantitative estimate of drug-likeness (QED) is 0.820. The number of carboxylic acid groups (broad SMARTS) is 1. The Balaban J connectivity index is 2.87. The molecule has 0 unspecified atom stereocenters. The number of rotatable bonds is 4. The molecule has 0 spiro atoms. The molecule has 1 aromatic rings. The molecule has 1 heterocycles. The second-order valence-corrected chi connectivity index (χ2v) is 4.22. The molecule has 0 bridgehead atoms. The Kier molecular flexibility index (Phi) is 3.88. The van der Waals surface area contributed by atoms with E-state index in [1.165, 1.54) is 13.1 Å². The second-order valence-electron chi connectivity index (χ2n) is 4.22. The van der Waals surface area contributed by atoms with Crippen LogP contribution >= 0.6 is 0 Å². The number of amides is 1. The first-order chi connectivity index (χ1) is 7.84. The summed E-state index contributed by atoms with van der Waals surface area (Å²) in [6, 6.07) is -0.752. The van der Waals surface area contributed by atoms with Crippen molar-refractivity contribution in [2.45, 2.75) is 39.8 Å². The summed E-state index contributed by atoms with van der Waals surface area (Å²) in [5, 5.41) is 15.2. The van der Waals surface area contributed by atoms with E-state index in [-0.39, 0.29) is 6.04 Å². The summed E-state index contributed by atoms with van der Waals surface area (Å²) < 4.78 is 1.72. The Labute approximate surface area is 99.6 Å². The molecule has 94 valence electrons. The van der Waals surface area contributed by atoms with Crippen molar-refractivity contribution in [2.75, 3.05) is 0 Å². The highest BCUT2D eigenvalue weighted by molar-refractivity contribution is 5.97. The number of aromatic nitrogens is 2. The minimum Gasteiger partial charge on any atom is -0.480 e. The number of carbonyl (C=O) groups is 2. The standard InChI is InChI=1S/C11H17N3O3/c1-6(2)14-8(4)9(5-12-14)10(15)13-7(3)11(16)17/h5-7H,1-4H3,(H,13,15)(H,16,17)/t7-/m1/s1. The van der Waals surface area contributed by atoms with E-state index in [0.717, 1.165) is 5.69 Å². The van der Waals surface area contributed by atoms with E-state index < -0.39 is 17.9 Å². The van der Waals surface area contributed by atoms with E-state index in [0.29, 0.717) is 5.56 Å². The number of aliphatic carboxylic acids is 1. The Morgan fingerprint density at radius 3 is 2.41 bits per heavy atom. The highest BCUT2D eigenvalue weighted by atomic mass is 16.4. The van der Waals surface area contributed by atoms with Gasteiger partial charge >= 0.3 is 5.97 Å². The van der Waals surface area contributed by atoms with Crippen molar-refractivity contribution in [2.24, 2.45) is 0 Å². The van der Waals surface area contributed by atoms with Gasteiger partial charge in [-0.05, 0) is 27.7 Å². The largest absolute Gasteiger partial charge is 0.480 e. The van der Waals surface area contributed by atoms with Crippen LogP contribution in [0, 0.1) is 6.92 Å². The zero-order valence-corrected chi connectivity index (χ0v) is 10.4. The zero-order chi connectivity index (χ0) is 13.2. The molecule has 0 aliphatic carbocycles. The van der Waals surface area contributed by atoms with Gasteiger partial charge in [-0.25, -0.2) is 0 Å². The average molecular weight is 239 g/mol. The molecule has 17 heavy (non-hydrogen) atoms. The van der Waals surface area contributed by atoms with Crippen LogP contribution < -0.4 is 5.32 Å². The van der Waals surface area contributed by atoms with Crippen LogP contribution in [0.4, 0.5) is 0 Å². The van der Waals surface area contributed by atoms with Gasteiger partial charge in [-0.15, -0.1) is 0 Å². The smallest absolute Gasteiger partial charge is 0.325 e. The fourth-order valence-corrected chi connectivity index (χ4v) is 1.50. The van der Waals surface area contributed by atoms with Crippen molar-refractivity contribution < 1.29 is 14.7 Å². The summed E-state index contributed by atoms with van der Waals surface area (Å²) in [5.74, 6) is -1.48. The number of nitrogens with one attached hydrogen (secondary N) is 1. The van der Waals surface area contributed by atoms with Gasteiger partial charge in [0.05, 0.1) is 11.8 Å². The highest BCUT2D eigenvalue weighted by Crippen LogP contribution is 2.12. The first-order valence-corrected chi connectivity index (χ1v) is 5.42. The maximum atomic E-state index is 11.8. The van der Waals surface area contributed by atoms with Gasteiger partial charge in [-0.3, -0.25) is 14.3 Å². The molecule has 1 atom stereocenters. The summed E-state index contributed by atoms with van der Waals surface area (Å²) in [5.41, 5.74) is 1.14. The van der Waals surface area contributed by atoms with Crippen LogP contribution in [-0.4, -0.2) is 32.8 Å². The lowest BCUT2D eigenvalue weighted by atomic mass is 10.2. The van der Waals surface area contributed by atoms with Crippen molar-refractivity contribution >= 4 is 11.9 Å². The summed E-state index contributed by atoms with van der Waals surface area (Å²) in [7, 11) is 0. The van der Waals surface area contributed by atoms with Crippen molar-refractivity contribution in [3.05, 3.63) is 17.5 Å². The first-order valence-electron chi connectivity index (χ1n) is 5.42. The van der Waals surface area contributed by atoms with Gasteiger partial charge in [0.25, 0.3) is 5.91 Å². The van der Waals surface area contributed by atoms with Crippen molar-refractivity contribution in [3.8, 4) is 0 Å². The van der Waals surface area contributed by atoms with E-state index in [4.69, 9.17) is 5.11 Å². The molecule has 2 N–H and O–H groups in total. The van der Waals surface area contributed by atoms with Crippen molar-refractivity contribution in [1.29, 1.82) is 0 Å². The van der Waals surface area contributed by atoms with Gasteiger partial charge in [0, 0.05) is 11.7 Å². The third kappa shape index (κ3) is 2.83. The minimum atomic E-state index is -1.06. The van der Waals surface area contributed by atoms with Crippen LogP contribution in [0.5, 0.6) is 0 Å². The molecule has 1 aromatic heterocycles. The summed E-state index contributed by atoms with van der Waals surface area (Å²) >= 11 is 0. The topological polar surface area (TPSA) is 84.2 Å². The lowest BCUT2D eigenvalue weighted by Gasteiger charge is -2.10. The highest BCUT2D eigenvalue weighted by Gasteiger charge is 2.19. The minimum absolute atomic E-state index is 0.161. The summed E-state index contributed by atoms with van der Waals surface area (Å²) in [4.78, 5) is 22.4. The van der Waals surface area contributed by atoms with Crippen molar-refractivity contribution in [1.82, 2.24) is 15.1 Å². The monoisotopic (exact) mass is 239 g/mol. The molecule has 6 nitrogen and oxygen atoms in total. The SMILES string of the molecule is Cc1c(C(=O)N[C@H](C)C(=O)O)cnn1C(C)C. The van der Waals surface area contributed by atoms with Crippen LogP contribution in [-0.2, 0) is 4.79 Å². The van der Waals surface area contributed by atoms with Crippen LogP contribution in [0.25, 0.3) is 0 Å². The first kappa shape index (κ1) is 13.2. The lowest BCUT2D eigenvalue weighted by molar-refractivity contribution is -0.138. The van der Waals surface area contributed by atoms with Crippen LogP contribution in [0.15, 0.2) is 6.20 Å². The molecule has 1 rings (SSSR count). The Morgan fingerprint density at radius 2 is 2.00 bits per heavy atom. The normalized spacial score (nSPS) is 12.5. The molecule has 1 amide bonds. The van der Waals surface area contributed by atoms with Crippen LogP contribution in [0.3, 0.4) is 0 Å². The van der Waals surface area contributed by atoms with Gasteiger partial charge in [0.2, 0.25) is 0 Å². The number of carbonyl (C=O) groups excluding carboxylic acids is 1. The predicted molar refractivity (Wildman–Crippen MR) is 61.9 cm³/mol. The number of carboxylic acids is 1. The van der Waals surface area contributed by atoms with Crippen LogP contribution in [0.2, 0.25) is 0 Å². The Bertz CT molecular complexity index is 437. The molecule has 0 aliphatic rings. The number of nitrogens with zero attached hydrogens (tertiary/aromatic N) is 2. The Hall–Kier alpha value is -1.85. The predicted octanol–water partition coefficient (Wildman–Crippen LogP) is 0.975. The second kappa shape index (κ2) is 4.99. The third-order valence-electron chi connectivity index (χ3n) is 2.50. The van der Waals surface area contributed by atoms with Crippen molar-refractivity contribution in [3.63, 3.8) is 0 Å². The van der Waals surface area contributed by atoms with Gasteiger partial charge < -0.3 is 10.4 Å². The molecule has 6 heteroatoms. The lowest BCUT2D eigenvalue weighted by Crippen LogP contribution is -2.38. The molecular weight excluding hydrogens is 222 g/mol. The maximum absolute atomic E-state index is 11.8. The Morgan fingerprint density at radius 1 is 1.41 bits per heavy atom. The van der Waals surface area contributed by atoms with Gasteiger partial charge in [-0.1, -0.05) is 0 Å². The summed E-state index contributed by atoms with van der Waals surface area (Å²) in [6.07, 6.45) is 1.46. The van der Waals surface area contributed by atoms with E-state index in [1.807, 2.05) is 13.8 Å². The molecule has 0 saturated carbocycles. The molecule has 0 saturated heterocycles. The van der Waals surface area contributed by atoms with Gasteiger partial charge in [-0.2, -0.15) is 5.10 Å². The van der Waals surface area contributed by atoms with E-state index >= 15 is 0 Å². The van der Waals surface area contributed by atoms with Gasteiger partial charge in [0.1, 0.15) is 6.04 Å². The molecular formula is C11H17N3O3. The fourth-order valence-electron chi connectivity index (χ4n) is 1.50. The van der Waals surface area contributed by atoms with E-state index in [1.54, 1.807) is 11.6 Å². The number of hydrogen-bond donors (Lipinski definition) is 2. The third-order valence-corrected chi connectivity index (χ3v) is 2.50. The van der Waals surface area contributed by atoms with E-state index in [2.05, 4.69) is 10.4 Å². The maximum Gasteiger partial charge on any atom is 0.325 e. The molecule has 0 aliphatic heterocycles. The van der Waals surface area contributed by atoms with Crippen LogP contribution in [0.1, 0.15) is 42.9 Å². The molecule has 0 radical (unpaired) electrons. The fraction of sp³-hybridized carbons (Fsp3) is 0.545. The van der Waals surface area contributed by atoms with E-state index in [9.17, 15) is 9.59 Å². The number of hydrogen-bond acceptors (Lipinski definition) is 3. The average Bonchev–Trinajstić information content (AvgIpc) is 2.59.